The van der Waals surface area contributed by atoms with Crippen LogP contribution in [0.25, 0.3) is 0 Å². The van der Waals surface area contributed by atoms with Crippen molar-refractivity contribution < 1.29 is 18.0 Å². The number of carbonyl (C=O) groups excluding carboxylic acids is 1. The Hall–Kier alpha value is -0.850. The van der Waals surface area contributed by atoms with Crippen LogP contribution in [0.2, 0.25) is 0 Å². The van der Waals surface area contributed by atoms with Crippen LogP contribution in [0.15, 0.2) is 0 Å². The molecule has 1 saturated heterocycles. The number of halogens is 3. The van der Waals surface area contributed by atoms with Crippen molar-refractivity contribution in [1.82, 2.24) is 10.2 Å². The maximum Gasteiger partial charge on any atom is 0.402 e. The molecule has 1 amide bonds. The maximum absolute atomic E-state index is 12.2. The van der Waals surface area contributed by atoms with Gasteiger partial charge in [0, 0.05) is 13.6 Å². The van der Waals surface area contributed by atoms with E-state index in [-0.39, 0.29) is 5.11 Å². The number of nitrogens with one attached hydrogen (secondary N) is 1. The normalized spacial score (nSPS) is 24.6. The van der Waals surface area contributed by atoms with Crippen molar-refractivity contribution in [2.75, 3.05) is 13.6 Å². The summed E-state index contributed by atoms with van der Waals surface area (Å²) in [6.45, 7) is -0.409. The number of nitrogens with zero attached hydrogens (tertiary/aromatic N) is 1. The van der Waals surface area contributed by atoms with E-state index < -0.39 is 24.5 Å². The van der Waals surface area contributed by atoms with Gasteiger partial charge in [-0.3, -0.25) is 4.79 Å². The lowest BCUT2D eigenvalue weighted by Crippen LogP contribution is -2.56. The number of carbonyl (C=O) groups is 1. The second-order valence-corrected chi connectivity index (χ2v) is 3.16. The summed E-state index contributed by atoms with van der Waals surface area (Å²) in [5.74, 6) is -3.06. The number of hydrogen-bond acceptors (Lipinski definition) is 2. The van der Waals surface area contributed by atoms with E-state index >= 15 is 0 Å². The van der Waals surface area contributed by atoms with Gasteiger partial charge in [0.25, 0.3) is 0 Å². The number of amides is 1. The van der Waals surface area contributed by atoms with Crippen LogP contribution >= 0.6 is 12.2 Å². The highest BCUT2D eigenvalue weighted by Gasteiger charge is 2.47. The zero-order valence-corrected chi connectivity index (χ0v) is 7.50. The van der Waals surface area contributed by atoms with E-state index in [0.29, 0.717) is 0 Å². The highest BCUT2D eigenvalue weighted by Crippen LogP contribution is 2.28. The number of alkyl halides is 3. The SMILES string of the molecule is CN1CC(C(F)(F)F)C(=O)NC1=S. The average molecular weight is 212 g/mol. The third-order valence-corrected chi connectivity index (χ3v) is 2.16. The zero-order chi connectivity index (χ0) is 10.2. The quantitative estimate of drug-likeness (QED) is 0.594. The molecule has 3 nitrogen and oxygen atoms in total. The first kappa shape index (κ1) is 10.2. The second kappa shape index (κ2) is 3.13. The van der Waals surface area contributed by atoms with Gasteiger partial charge in [-0.2, -0.15) is 13.2 Å². The van der Waals surface area contributed by atoms with Gasteiger partial charge in [0.1, 0.15) is 0 Å². The van der Waals surface area contributed by atoms with E-state index in [1.54, 1.807) is 0 Å². The van der Waals surface area contributed by atoms with Gasteiger partial charge >= 0.3 is 6.18 Å². The summed E-state index contributed by atoms with van der Waals surface area (Å²) in [5.41, 5.74) is 0. The Morgan fingerprint density at radius 1 is 1.62 bits per heavy atom. The summed E-state index contributed by atoms with van der Waals surface area (Å²) >= 11 is 4.61. The molecule has 1 rings (SSSR count). The van der Waals surface area contributed by atoms with E-state index in [1.807, 2.05) is 5.32 Å². The highest BCUT2D eigenvalue weighted by atomic mass is 32.1. The molecule has 1 N–H and O–H groups in total. The van der Waals surface area contributed by atoms with Gasteiger partial charge in [-0.15, -0.1) is 0 Å². The molecule has 74 valence electrons. The summed E-state index contributed by atoms with van der Waals surface area (Å²) < 4.78 is 36.5. The van der Waals surface area contributed by atoms with Crippen molar-refractivity contribution in [1.29, 1.82) is 0 Å². The summed E-state index contributed by atoms with van der Waals surface area (Å²) in [5, 5.41) is 2.02. The molecule has 0 saturated carbocycles. The van der Waals surface area contributed by atoms with Gasteiger partial charge in [-0.1, -0.05) is 0 Å². The number of hydrogen-bond donors (Lipinski definition) is 1. The Kier molecular flexibility index (Phi) is 2.47. The lowest BCUT2D eigenvalue weighted by Gasteiger charge is -2.32. The smallest absolute Gasteiger partial charge is 0.351 e. The van der Waals surface area contributed by atoms with Crippen molar-refractivity contribution in [3.05, 3.63) is 0 Å². The van der Waals surface area contributed by atoms with Gasteiger partial charge in [-0.25, -0.2) is 0 Å². The molecule has 1 fully saturated rings. The second-order valence-electron chi connectivity index (χ2n) is 2.77. The summed E-state index contributed by atoms with van der Waals surface area (Å²) in [6.07, 6.45) is -4.51. The molecule has 0 aromatic heterocycles. The molecule has 1 aliphatic heterocycles. The first-order chi connectivity index (χ1) is 5.82. The Bertz CT molecular complexity index is 253. The molecule has 0 bridgehead atoms. The molecule has 7 heteroatoms. The fraction of sp³-hybridized carbons (Fsp3) is 0.667. The van der Waals surface area contributed by atoms with Crippen molar-refractivity contribution >= 4 is 23.2 Å². The molecular formula is C6H7F3N2OS. The van der Waals surface area contributed by atoms with E-state index in [9.17, 15) is 18.0 Å². The molecule has 0 aromatic carbocycles. The van der Waals surface area contributed by atoms with Crippen molar-refractivity contribution in [3.63, 3.8) is 0 Å². The number of rotatable bonds is 0. The molecule has 0 spiro atoms. The van der Waals surface area contributed by atoms with Crippen LogP contribution < -0.4 is 5.32 Å². The van der Waals surface area contributed by atoms with E-state index in [0.717, 1.165) is 0 Å². The minimum Gasteiger partial charge on any atom is -0.351 e. The Labute approximate surface area is 77.9 Å². The molecule has 0 aromatic rings. The van der Waals surface area contributed by atoms with Gasteiger partial charge < -0.3 is 10.2 Å². The maximum atomic E-state index is 12.2. The first-order valence-corrected chi connectivity index (χ1v) is 3.86. The Morgan fingerprint density at radius 3 is 2.62 bits per heavy atom. The van der Waals surface area contributed by atoms with E-state index in [4.69, 9.17) is 0 Å². The molecule has 1 aliphatic rings. The topological polar surface area (TPSA) is 32.3 Å². The first-order valence-electron chi connectivity index (χ1n) is 3.45. The van der Waals surface area contributed by atoms with Gasteiger partial charge in [-0.05, 0) is 12.2 Å². The Morgan fingerprint density at radius 2 is 2.15 bits per heavy atom. The summed E-state index contributed by atoms with van der Waals surface area (Å²) in [6, 6.07) is 0. The van der Waals surface area contributed by atoms with Crippen LogP contribution in [0.3, 0.4) is 0 Å². The molecule has 1 atom stereocenters. The van der Waals surface area contributed by atoms with E-state index in [1.165, 1.54) is 11.9 Å². The third kappa shape index (κ3) is 2.09. The fourth-order valence-electron chi connectivity index (χ4n) is 0.980. The van der Waals surface area contributed by atoms with Gasteiger partial charge in [0.05, 0.1) is 0 Å². The van der Waals surface area contributed by atoms with Crippen LogP contribution in [0, 0.1) is 5.92 Å². The van der Waals surface area contributed by atoms with Crippen LogP contribution in [0.5, 0.6) is 0 Å². The van der Waals surface area contributed by atoms with Crippen LogP contribution in [0.4, 0.5) is 13.2 Å². The van der Waals surface area contributed by atoms with Gasteiger partial charge in [0.2, 0.25) is 5.91 Å². The largest absolute Gasteiger partial charge is 0.402 e. The highest BCUT2D eigenvalue weighted by molar-refractivity contribution is 7.80. The zero-order valence-electron chi connectivity index (χ0n) is 6.68. The van der Waals surface area contributed by atoms with Crippen molar-refractivity contribution in [2.24, 2.45) is 5.92 Å². The molecular weight excluding hydrogens is 205 g/mol. The fourth-order valence-corrected chi connectivity index (χ4v) is 1.15. The summed E-state index contributed by atoms with van der Waals surface area (Å²) in [4.78, 5) is 12.0. The minimum atomic E-state index is -4.51. The van der Waals surface area contributed by atoms with Gasteiger partial charge in [0.15, 0.2) is 11.0 Å². The summed E-state index contributed by atoms with van der Waals surface area (Å²) in [7, 11) is 1.40. The Balaban J connectivity index is 2.79. The van der Waals surface area contributed by atoms with E-state index in [2.05, 4.69) is 12.2 Å². The van der Waals surface area contributed by atoms with Crippen LogP contribution in [0.1, 0.15) is 0 Å². The average Bonchev–Trinajstić information content (AvgIpc) is 1.94. The van der Waals surface area contributed by atoms with Crippen LogP contribution in [-0.2, 0) is 4.79 Å². The molecule has 0 radical (unpaired) electrons. The predicted octanol–water partition coefficient (Wildman–Crippen LogP) is 0.511. The minimum absolute atomic E-state index is 0.0329. The van der Waals surface area contributed by atoms with Crippen molar-refractivity contribution in [3.8, 4) is 0 Å². The monoisotopic (exact) mass is 212 g/mol. The third-order valence-electron chi connectivity index (χ3n) is 1.74. The predicted molar refractivity (Wildman–Crippen MR) is 42.9 cm³/mol. The molecule has 1 unspecified atom stereocenters. The molecule has 1 heterocycles. The lowest BCUT2D eigenvalue weighted by atomic mass is 10.1. The standard InChI is InChI=1S/C6H7F3N2OS/c1-11-2-3(6(7,8)9)4(12)10-5(11)13/h3H,2H2,1H3,(H,10,12,13). The van der Waals surface area contributed by atoms with Crippen molar-refractivity contribution in [2.45, 2.75) is 6.18 Å². The number of thiocarbonyl (C=S) groups is 1. The molecule has 13 heavy (non-hydrogen) atoms. The van der Waals surface area contributed by atoms with Crippen LogP contribution in [-0.4, -0.2) is 35.7 Å². The molecule has 0 aliphatic carbocycles. The lowest BCUT2D eigenvalue weighted by molar-refractivity contribution is -0.185.